The predicted octanol–water partition coefficient (Wildman–Crippen LogP) is 2.30. The fraction of sp³-hybridized carbons (Fsp3) is 0.700. The lowest BCUT2D eigenvalue weighted by molar-refractivity contribution is -0.141. The van der Waals surface area contributed by atoms with Crippen LogP contribution in [-0.2, 0) is 9.53 Å². The van der Waals surface area contributed by atoms with Gasteiger partial charge in [-0.1, -0.05) is 11.6 Å². The molecule has 68 valence electrons. The standard InChI is InChI=1S/C10H16O2/c1-8-3-5-9(6-4-8)7-10(11)12-2/h3,9H,4-7H2,1-2H3. The van der Waals surface area contributed by atoms with Crippen molar-refractivity contribution < 1.29 is 9.53 Å². The maximum atomic E-state index is 10.9. The van der Waals surface area contributed by atoms with Crippen LogP contribution in [0.5, 0.6) is 0 Å². The van der Waals surface area contributed by atoms with Crippen molar-refractivity contribution in [1.29, 1.82) is 0 Å². The van der Waals surface area contributed by atoms with Gasteiger partial charge >= 0.3 is 5.97 Å². The third-order valence-electron chi connectivity index (χ3n) is 2.43. The molecule has 0 N–H and O–H groups in total. The molecule has 1 aliphatic carbocycles. The molecule has 0 spiro atoms. The van der Waals surface area contributed by atoms with Gasteiger partial charge in [0.2, 0.25) is 0 Å². The minimum atomic E-state index is -0.0760. The molecule has 0 aromatic rings. The summed E-state index contributed by atoms with van der Waals surface area (Å²) in [6.45, 7) is 2.15. The van der Waals surface area contributed by atoms with E-state index in [-0.39, 0.29) is 5.97 Å². The molecule has 0 bridgehead atoms. The van der Waals surface area contributed by atoms with Crippen molar-refractivity contribution in [2.75, 3.05) is 7.11 Å². The van der Waals surface area contributed by atoms with Crippen LogP contribution in [0.4, 0.5) is 0 Å². The van der Waals surface area contributed by atoms with Gasteiger partial charge in [-0.15, -0.1) is 0 Å². The van der Waals surface area contributed by atoms with E-state index in [2.05, 4.69) is 17.7 Å². The zero-order valence-electron chi connectivity index (χ0n) is 7.80. The molecule has 0 aliphatic heterocycles. The van der Waals surface area contributed by atoms with E-state index in [1.54, 1.807) is 0 Å². The van der Waals surface area contributed by atoms with Gasteiger partial charge in [-0.2, -0.15) is 0 Å². The Bertz CT molecular complexity index is 194. The molecule has 0 fully saturated rings. The van der Waals surface area contributed by atoms with E-state index < -0.39 is 0 Å². The number of ether oxygens (including phenoxy) is 1. The third-order valence-corrected chi connectivity index (χ3v) is 2.43. The highest BCUT2D eigenvalue weighted by Crippen LogP contribution is 2.25. The van der Waals surface area contributed by atoms with E-state index in [1.807, 2.05) is 0 Å². The van der Waals surface area contributed by atoms with Crippen LogP contribution < -0.4 is 0 Å². The molecule has 1 aliphatic rings. The summed E-state index contributed by atoms with van der Waals surface area (Å²) >= 11 is 0. The van der Waals surface area contributed by atoms with E-state index >= 15 is 0 Å². The van der Waals surface area contributed by atoms with Crippen molar-refractivity contribution >= 4 is 5.97 Å². The van der Waals surface area contributed by atoms with Crippen molar-refractivity contribution in [1.82, 2.24) is 0 Å². The van der Waals surface area contributed by atoms with Crippen LogP contribution in [0.25, 0.3) is 0 Å². The first-order valence-electron chi connectivity index (χ1n) is 4.45. The average Bonchev–Trinajstić information content (AvgIpc) is 2.09. The van der Waals surface area contributed by atoms with Gasteiger partial charge in [0.1, 0.15) is 0 Å². The van der Waals surface area contributed by atoms with Crippen LogP contribution in [-0.4, -0.2) is 13.1 Å². The van der Waals surface area contributed by atoms with Crippen molar-refractivity contribution in [3.63, 3.8) is 0 Å². The number of esters is 1. The second-order valence-corrected chi connectivity index (χ2v) is 3.47. The number of methoxy groups -OCH3 is 1. The monoisotopic (exact) mass is 168 g/mol. The fourth-order valence-corrected chi connectivity index (χ4v) is 1.52. The average molecular weight is 168 g/mol. The molecular weight excluding hydrogens is 152 g/mol. The number of hydrogen-bond donors (Lipinski definition) is 0. The van der Waals surface area contributed by atoms with Gasteiger partial charge in [0, 0.05) is 6.42 Å². The highest BCUT2D eigenvalue weighted by Gasteiger charge is 2.16. The van der Waals surface area contributed by atoms with Gasteiger partial charge in [0.05, 0.1) is 7.11 Å². The number of rotatable bonds is 2. The van der Waals surface area contributed by atoms with Crippen molar-refractivity contribution in [2.45, 2.75) is 32.6 Å². The van der Waals surface area contributed by atoms with Crippen molar-refractivity contribution in [3.8, 4) is 0 Å². The third kappa shape index (κ3) is 2.68. The Labute approximate surface area is 73.6 Å². The normalized spacial score (nSPS) is 23.2. The van der Waals surface area contributed by atoms with Crippen molar-refractivity contribution in [3.05, 3.63) is 11.6 Å². The van der Waals surface area contributed by atoms with E-state index in [0.717, 1.165) is 19.3 Å². The van der Waals surface area contributed by atoms with E-state index in [1.165, 1.54) is 12.7 Å². The first-order valence-corrected chi connectivity index (χ1v) is 4.45. The first kappa shape index (κ1) is 9.30. The molecule has 0 heterocycles. The molecule has 0 amide bonds. The maximum Gasteiger partial charge on any atom is 0.305 e. The lowest BCUT2D eigenvalue weighted by Gasteiger charge is -2.18. The second-order valence-electron chi connectivity index (χ2n) is 3.47. The van der Waals surface area contributed by atoms with Crippen LogP contribution in [0.3, 0.4) is 0 Å². The molecule has 0 radical (unpaired) electrons. The van der Waals surface area contributed by atoms with E-state index in [4.69, 9.17) is 0 Å². The summed E-state index contributed by atoms with van der Waals surface area (Å²) in [7, 11) is 1.45. The summed E-state index contributed by atoms with van der Waals surface area (Å²) in [4.78, 5) is 10.9. The molecule has 0 aromatic heterocycles. The molecular formula is C10H16O2. The fourth-order valence-electron chi connectivity index (χ4n) is 1.52. The second kappa shape index (κ2) is 4.29. The SMILES string of the molecule is COC(=O)CC1CC=C(C)CC1. The van der Waals surface area contributed by atoms with E-state index in [9.17, 15) is 4.79 Å². The Kier molecular flexibility index (Phi) is 3.32. The summed E-state index contributed by atoms with van der Waals surface area (Å²) in [5.74, 6) is 0.439. The van der Waals surface area contributed by atoms with Crippen LogP contribution in [0.15, 0.2) is 11.6 Å². The molecule has 1 rings (SSSR count). The molecule has 1 atom stereocenters. The molecule has 12 heavy (non-hydrogen) atoms. The topological polar surface area (TPSA) is 26.3 Å². The van der Waals surface area contributed by atoms with Crippen LogP contribution in [0.1, 0.15) is 32.6 Å². The summed E-state index contributed by atoms with van der Waals surface area (Å²) in [5, 5.41) is 0. The van der Waals surface area contributed by atoms with Gasteiger partial charge in [-0.3, -0.25) is 4.79 Å². The first-order chi connectivity index (χ1) is 5.72. The minimum Gasteiger partial charge on any atom is -0.469 e. The summed E-state index contributed by atoms with van der Waals surface area (Å²) in [5.41, 5.74) is 1.45. The quantitative estimate of drug-likeness (QED) is 0.467. The molecule has 0 saturated heterocycles. The summed E-state index contributed by atoms with van der Waals surface area (Å²) in [6, 6.07) is 0. The van der Waals surface area contributed by atoms with Crippen LogP contribution in [0.2, 0.25) is 0 Å². The Hall–Kier alpha value is -0.790. The predicted molar refractivity (Wildman–Crippen MR) is 47.7 cm³/mol. The highest BCUT2D eigenvalue weighted by molar-refractivity contribution is 5.69. The Morgan fingerprint density at radius 2 is 2.50 bits per heavy atom. The lowest BCUT2D eigenvalue weighted by atomic mass is 9.88. The Morgan fingerprint density at radius 3 is 3.00 bits per heavy atom. The Morgan fingerprint density at radius 1 is 1.75 bits per heavy atom. The number of carbonyl (C=O) groups is 1. The van der Waals surface area contributed by atoms with Crippen LogP contribution >= 0.6 is 0 Å². The molecule has 2 nitrogen and oxygen atoms in total. The molecule has 0 aromatic carbocycles. The minimum absolute atomic E-state index is 0.0760. The molecule has 1 unspecified atom stereocenters. The number of allylic oxidation sites excluding steroid dienone is 2. The smallest absolute Gasteiger partial charge is 0.305 e. The molecule has 0 saturated carbocycles. The van der Waals surface area contributed by atoms with Gasteiger partial charge in [0.25, 0.3) is 0 Å². The maximum absolute atomic E-state index is 10.9. The van der Waals surface area contributed by atoms with Gasteiger partial charge in [-0.05, 0) is 32.1 Å². The number of hydrogen-bond acceptors (Lipinski definition) is 2. The van der Waals surface area contributed by atoms with Crippen molar-refractivity contribution in [2.24, 2.45) is 5.92 Å². The van der Waals surface area contributed by atoms with Gasteiger partial charge in [-0.25, -0.2) is 0 Å². The summed E-state index contributed by atoms with van der Waals surface area (Å²) in [6.07, 6.45) is 6.14. The highest BCUT2D eigenvalue weighted by atomic mass is 16.5. The van der Waals surface area contributed by atoms with E-state index in [0.29, 0.717) is 12.3 Å². The zero-order valence-corrected chi connectivity index (χ0v) is 7.80. The summed E-state index contributed by atoms with van der Waals surface area (Å²) < 4.78 is 4.62. The lowest BCUT2D eigenvalue weighted by Crippen LogP contribution is -2.12. The zero-order chi connectivity index (χ0) is 8.97. The number of carbonyl (C=O) groups excluding carboxylic acids is 1. The Balaban J connectivity index is 2.32. The van der Waals surface area contributed by atoms with Gasteiger partial charge < -0.3 is 4.74 Å². The molecule has 2 heteroatoms. The van der Waals surface area contributed by atoms with Gasteiger partial charge in [0.15, 0.2) is 0 Å². The van der Waals surface area contributed by atoms with Crippen LogP contribution in [0, 0.1) is 5.92 Å². The largest absolute Gasteiger partial charge is 0.469 e.